The Balaban J connectivity index is 1.61. The fraction of sp³-hybridized carbons (Fsp3) is 0.333. The summed E-state index contributed by atoms with van der Waals surface area (Å²) < 4.78 is 0. The van der Waals surface area contributed by atoms with E-state index in [9.17, 15) is 4.79 Å². The van der Waals surface area contributed by atoms with Gasteiger partial charge in [0.05, 0.1) is 10.4 Å². The van der Waals surface area contributed by atoms with E-state index in [1.54, 1.807) is 12.4 Å². The molecule has 0 radical (unpaired) electrons. The minimum atomic E-state index is -0.0251. The van der Waals surface area contributed by atoms with E-state index in [1.165, 1.54) is 16.9 Å². The third-order valence-corrected chi connectivity index (χ3v) is 7.26. The summed E-state index contributed by atoms with van der Waals surface area (Å²) in [5, 5.41) is 9.51. The second kappa shape index (κ2) is 8.11. The lowest BCUT2D eigenvalue weighted by molar-refractivity contribution is 0.0779. The molecule has 1 unspecified atom stereocenters. The number of nitrogens with one attached hydrogen (secondary N) is 1. The SMILES string of the molecule is Cc1cc(C)c2[nH]nc(-c3nc(C(=O)N4CCC(N(C)C)C4)c(-c4cccnc4)s3)c2c1. The van der Waals surface area contributed by atoms with Gasteiger partial charge in [0, 0.05) is 42.5 Å². The molecule has 1 atom stereocenters. The van der Waals surface area contributed by atoms with Gasteiger partial charge in [-0.25, -0.2) is 4.98 Å². The molecule has 4 heterocycles. The summed E-state index contributed by atoms with van der Waals surface area (Å²) >= 11 is 1.50. The molecular formula is C24H26N6OS. The molecule has 0 aliphatic carbocycles. The molecule has 1 N–H and O–H groups in total. The molecule has 7 nitrogen and oxygen atoms in total. The minimum Gasteiger partial charge on any atom is -0.336 e. The average Bonchev–Trinajstić information content (AvgIpc) is 3.51. The van der Waals surface area contributed by atoms with Gasteiger partial charge >= 0.3 is 0 Å². The van der Waals surface area contributed by atoms with Crippen LogP contribution in [0.5, 0.6) is 0 Å². The fourth-order valence-electron chi connectivity index (χ4n) is 4.39. The number of carbonyl (C=O) groups is 1. The van der Waals surface area contributed by atoms with Gasteiger partial charge in [0.15, 0.2) is 0 Å². The molecule has 0 bridgehead atoms. The van der Waals surface area contributed by atoms with Crippen LogP contribution in [0.1, 0.15) is 28.0 Å². The Bertz CT molecular complexity index is 1290. The molecule has 1 fully saturated rings. The number of carbonyl (C=O) groups excluding carboxylic acids is 1. The van der Waals surface area contributed by atoms with E-state index in [2.05, 4.69) is 60.2 Å². The fourth-order valence-corrected chi connectivity index (χ4v) is 5.45. The van der Waals surface area contributed by atoms with Crippen molar-refractivity contribution in [2.24, 2.45) is 0 Å². The molecular weight excluding hydrogens is 420 g/mol. The Labute approximate surface area is 191 Å². The predicted molar refractivity (Wildman–Crippen MR) is 128 cm³/mol. The van der Waals surface area contributed by atoms with Crippen molar-refractivity contribution in [1.82, 2.24) is 30.0 Å². The van der Waals surface area contributed by atoms with Crippen molar-refractivity contribution in [3.63, 3.8) is 0 Å². The van der Waals surface area contributed by atoms with E-state index in [1.807, 2.05) is 17.0 Å². The molecule has 5 rings (SSSR count). The number of aryl methyl sites for hydroxylation is 2. The highest BCUT2D eigenvalue weighted by Gasteiger charge is 2.32. The number of likely N-dealkylation sites (tertiary alicyclic amines) is 1. The highest BCUT2D eigenvalue weighted by atomic mass is 32.1. The van der Waals surface area contributed by atoms with Crippen LogP contribution < -0.4 is 0 Å². The van der Waals surface area contributed by atoms with Gasteiger partial charge in [-0.2, -0.15) is 5.10 Å². The third kappa shape index (κ3) is 3.59. The highest BCUT2D eigenvalue weighted by Crippen LogP contribution is 2.38. The second-order valence-electron chi connectivity index (χ2n) is 8.67. The Hall–Kier alpha value is -3.10. The van der Waals surface area contributed by atoms with E-state index in [0.717, 1.165) is 57.1 Å². The first-order valence-electron chi connectivity index (χ1n) is 10.7. The van der Waals surface area contributed by atoms with Crippen molar-refractivity contribution in [3.05, 3.63) is 53.5 Å². The number of fused-ring (bicyclic) bond motifs is 1. The molecule has 3 aromatic heterocycles. The number of benzene rings is 1. The number of H-pyrrole nitrogens is 1. The van der Waals surface area contributed by atoms with Crippen molar-refractivity contribution in [3.8, 4) is 21.1 Å². The zero-order chi connectivity index (χ0) is 22.4. The number of hydrogen-bond acceptors (Lipinski definition) is 6. The van der Waals surface area contributed by atoms with Gasteiger partial charge in [-0.1, -0.05) is 17.7 Å². The number of amides is 1. The van der Waals surface area contributed by atoms with Gasteiger partial charge in [0.1, 0.15) is 16.4 Å². The normalized spacial score (nSPS) is 16.4. The molecule has 32 heavy (non-hydrogen) atoms. The lowest BCUT2D eigenvalue weighted by Gasteiger charge is -2.20. The standard InChI is InChI=1S/C24H26N6OS/c1-14-10-15(2)19-18(11-14)20(28-27-19)23-26-21(22(32-23)16-6-5-8-25-12-16)24(31)30-9-7-17(13-30)29(3)4/h5-6,8,10-12,17H,7,9,13H2,1-4H3,(H,27,28). The molecule has 164 valence electrons. The van der Waals surface area contributed by atoms with Crippen LogP contribution in [0.15, 0.2) is 36.7 Å². The summed E-state index contributed by atoms with van der Waals surface area (Å²) in [5.74, 6) is -0.0251. The topological polar surface area (TPSA) is 78.0 Å². The zero-order valence-corrected chi connectivity index (χ0v) is 19.5. The first-order chi connectivity index (χ1) is 15.4. The molecule has 8 heteroatoms. The van der Waals surface area contributed by atoms with E-state index < -0.39 is 0 Å². The molecule has 1 aliphatic rings. The quantitative estimate of drug-likeness (QED) is 0.510. The number of aromatic amines is 1. The van der Waals surface area contributed by atoms with Crippen molar-refractivity contribution in [2.45, 2.75) is 26.3 Å². The van der Waals surface area contributed by atoms with Gasteiger partial charge in [0.2, 0.25) is 0 Å². The van der Waals surface area contributed by atoms with Crippen LogP contribution in [0.4, 0.5) is 0 Å². The first kappa shape index (κ1) is 20.8. The summed E-state index contributed by atoms with van der Waals surface area (Å²) in [6, 6.07) is 8.50. The number of rotatable bonds is 4. The molecule has 1 amide bonds. The Morgan fingerprint density at radius 2 is 2.12 bits per heavy atom. The maximum Gasteiger partial charge on any atom is 0.274 e. The van der Waals surface area contributed by atoms with Crippen LogP contribution in [0.25, 0.3) is 32.0 Å². The zero-order valence-electron chi connectivity index (χ0n) is 18.7. The molecule has 4 aromatic rings. The monoisotopic (exact) mass is 446 g/mol. The van der Waals surface area contributed by atoms with Crippen molar-refractivity contribution in [2.75, 3.05) is 27.2 Å². The molecule has 1 saturated heterocycles. The Morgan fingerprint density at radius 1 is 1.28 bits per heavy atom. The van der Waals surface area contributed by atoms with Crippen LogP contribution in [-0.2, 0) is 0 Å². The lowest BCUT2D eigenvalue weighted by Crippen LogP contribution is -2.34. The first-order valence-corrected chi connectivity index (χ1v) is 11.6. The van der Waals surface area contributed by atoms with E-state index in [-0.39, 0.29) is 5.91 Å². The number of likely N-dealkylation sites (N-methyl/N-ethyl adjacent to an activating group) is 1. The minimum absolute atomic E-state index is 0.0251. The summed E-state index contributed by atoms with van der Waals surface area (Å²) in [5.41, 5.74) is 5.49. The average molecular weight is 447 g/mol. The molecule has 1 aliphatic heterocycles. The lowest BCUT2D eigenvalue weighted by atomic mass is 10.1. The Morgan fingerprint density at radius 3 is 2.84 bits per heavy atom. The third-order valence-electron chi connectivity index (χ3n) is 6.15. The van der Waals surface area contributed by atoms with Crippen LogP contribution >= 0.6 is 11.3 Å². The summed E-state index contributed by atoms with van der Waals surface area (Å²) in [6.45, 7) is 5.61. The van der Waals surface area contributed by atoms with Gasteiger partial charge in [-0.05, 0) is 52.1 Å². The van der Waals surface area contributed by atoms with E-state index in [4.69, 9.17) is 4.98 Å². The number of nitrogens with zero attached hydrogens (tertiary/aromatic N) is 5. The summed E-state index contributed by atoms with van der Waals surface area (Å²) in [6.07, 6.45) is 4.50. The van der Waals surface area contributed by atoms with Crippen LogP contribution in [0.2, 0.25) is 0 Å². The smallest absolute Gasteiger partial charge is 0.274 e. The molecule has 0 saturated carbocycles. The summed E-state index contributed by atoms with van der Waals surface area (Å²) in [4.78, 5) is 27.6. The largest absolute Gasteiger partial charge is 0.336 e. The highest BCUT2D eigenvalue weighted by molar-refractivity contribution is 7.18. The number of aromatic nitrogens is 4. The van der Waals surface area contributed by atoms with Gasteiger partial charge < -0.3 is 9.80 Å². The number of pyridine rings is 1. The van der Waals surface area contributed by atoms with Gasteiger partial charge in [0.25, 0.3) is 5.91 Å². The maximum absolute atomic E-state index is 13.6. The number of hydrogen-bond donors (Lipinski definition) is 1. The van der Waals surface area contributed by atoms with Gasteiger partial charge in [-0.3, -0.25) is 14.9 Å². The van der Waals surface area contributed by atoms with Crippen LogP contribution in [0, 0.1) is 13.8 Å². The van der Waals surface area contributed by atoms with Crippen molar-refractivity contribution >= 4 is 28.1 Å². The van der Waals surface area contributed by atoms with Gasteiger partial charge in [-0.15, -0.1) is 11.3 Å². The van der Waals surface area contributed by atoms with Crippen molar-refractivity contribution in [1.29, 1.82) is 0 Å². The maximum atomic E-state index is 13.6. The predicted octanol–water partition coefficient (Wildman–Crippen LogP) is 4.14. The van der Waals surface area contributed by atoms with Crippen LogP contribution in [0.3, 0.4) is 0 Å². The van der Waals surface area contributed by atoms with Crippen molar-refractivity contribution < 1.29 is 4.79 Å². The second-order valence-corrected chi connectivity index (χ2v) is 9.67. The number of thiazole rings is 1. The Kier molecular flexibility index (Phi) is 5.27. The van der Waals surface area contributed by atoms with Crippen LogP contribution in [-0.4, -0.2) is 69.1 Å². The molecule has 1 aromatic carbocycles. The molecule has 0 spiro atoms. The van der Waals surface area contributed by atoms with E-state index in [0.29, 0.717) is 11.7 Å². The summed E-state index contributed by atoms with van der Waals surface area (Å²) in [7, 11) is 4.13. The van der Waals surface area contributed by atoms with E-state index >= 15 is 0 Å².